The van der Waals surface area contributed by atoms with E-state index < -0.39 is 17.3 Å². The van der Waals surface area contributed by atoms with Gasteiger partial charge in [-0.3, -0.25) is 9.59 Å². The van der Waals surface area contributed by atoms with E-state index in [-0.39, 0.29) is 11.9 Å². The van der Waals surface area contributed by atoms with E-state index in [0.717, 1.165) is 6.42 Å². The zero-order valence-electron chi connectivity index (χ0n) is 11.8. The van der Waals surface area contributed by atoms with Crippen LogP contribution in [-0.4, -0.2) is 34.5 Å². The third kappa shape index (κ3) is 4.02. The second-order valence-electron chi connectivity index (χ2n) is 5.52. The minimum absolute atomic E-state index is 0.0803. The van der Waals surface area contributed by atoms with E-state index in [1.807, 2.05) is 20.8 Å². The summed E-state index contributed by atoms with van der Waals surface area (Å²) in [5.74, 6) is -2.29. The minimum Gasteiger partial charge on any atom is -0.481 e. The number of aliphatic carboxylic acids is 1. The number of carbonyl (C=O) groups is 2. The van der Waals surface area contributed by atoms with Gasteiger partial charge in [0.05, 0.1) is 0 Å². The Balaban J connectivity index is 5.14. The molecular formula is C13H25NO3. The Labute approximate surface area is 104 Å². The highest BCUT2D eigenvalue weighted by molar-refractivity contribution is 5.97. The molecule has 2 atom stereocenters. The lowest BCUT2D eigenvalue weighted by atomic mass is 9.79. The van der Waals surface area contributed by atoms with Gasteiger partial charge in [0.2, 0.25) is 5.91 Å². The van der Waals surface area contributed by atoms with Crippen molar-refractivity contribution in [3.63, 3.8) is 0 Å². The molecule has 0 bridgehead atoms. The molecule has 0 saturated heterocycles. The number of carboxylic acid groups (broad SMARTS) is 1. The molecule has 0 spiro atoms. The van der Waals surface area contributed by atoms with Crippen LogP contribution in [0.2, 0.25) is 0 Å². The number of amides is 1. The van der Waals surface area contributed by atoms with Crippen LogP contribution in [0.1, 0.15) is 48.0 Å². The smallest absolute Gasteiger partial charge is 0.316 e. The highest BCUT2D eigenvalue weighted by Crippen LogP contribution is 2.28. The summed E-state index contributed by atoms with van der Waals surface area (Å²) in [5, 5.41) is 9.23. The van der Waals surface area contributed by atoms with Crippen LogP contribution in [0.4, 0.5) is 0 Å². The van der Waals surface area contributed by atoms with Gasteiger partial charge in [0.15, 0.2) is 0 Å². The van der Waals surface area contributed by atoms with Crippen LogP contribution in [0.3, 0.4) is 0 Å². The van der Waals surface area contributed by atoms with Crippen molar-refractivity contribution >= 4 is 11.9 Å². The Morgan fingerprint density at radius 2 is 1.71 bits per heavy atom. The number of rotatable bonds is 5. The van der Waals surface area contributed by atoms with Crippen LogP contribution in [0, 0.1) is 11.3 Å². The Hall–Kier alpha value is -1.06. The fourth-order valence-corrected chi connectivity index (χ4v) is 1.92. The van der Waals surface area contributed by atoms with Crippen molar-refractivity contribution in [2.45, 2.75) is 54.0 Å². The highest BCUT2D eigenvalue weighted by Gasteiger charge is 2.40. The van der Waals surface area contributed by atoms with Crippen molar-refractivity contribution in [3.05, 3.63) is 0 Å². The van der Waals surface area contributed by atoms with Crippen LogP contribution in [-0.2, 0) is 9.59 Å². The lowest BCUT2D eigenvalue weighted by molar-refractivity contribution is -0.157. The van der Waals surface area contributed by atoms with Crippen LogP contribution < -0.4 is 0 Å². The van der Waals surface area contributed by atoms with E-state index in [1.165, 1.54) is 0 Å². The molecule has 0 aliphatic heterocycles. The Kier molecular flexibility index (Phi) is 5.66. The molecule has 0 fully saturated rings. The normalized spacial score (nSPS) is 15.2. The fourth-order valence-electron chi connectivity index (χ4n) is 1.92. The molecule has 0 saturated carbocycles. The third-order valence-corrected chi connectivity index (χ3v) is 3.11. The molecule has 0 heterocycles. The maximum Gasteiger partial charge on any atom is 0.316 e. The van der Waals surface area contributed by atoms with Crippen LogP contribution in [0.5, 0.6) is 0 Å². The van der Waals surface area contributed by atoms with Gasteiger partial charge < -0.3 is 10.0 Å². The van der Waals surface area contributed by atoms with E-state index in [1.54, 1.807) is 25.7 Å². The lowest BCUT2D eigenvalue weighted by Gasteiger charge is -2.34. The molecule has 17 heavy (non-hydrogen) atoms. The molecule has 2 unspecified atom stereocenters. The summed E-state index contributed by atoms with van der Waals surface area (Å²) in [5.41, 5.74) is -0.566. The van der Waals surface area contributed by atoms with Crippen molar-refractivity contribution in [1.82, 2.24) is 4.90 Å². The van der Waals surface area contributed by atoms with E-state index in [4.69, 9.17) is 0 Å². The van der Waals surface area contributed by atoms with Crippen molar-refractivity contribution in [2.75, 3.05) is 6.54 Å². The van der Waals surface area contributed by atoms with E-state index in [0.29, 0.717) is 6.54 Å². The molecule has 0 rings (SSSR count). The Bertz CT molecular complexity index is 281. The van der Waals surface area contributed by atoms with Gasteiger partial charge in [-0.2, -0.15) is 0 Å². The van der Waals surface area contributed by atoms with E-state index in [2.05, 4.69) is 0 Å². The lowest BCUT2D eigenvalue weighted by Crippen LogP contribution is -2.48. The number of hydrogen-bond donors (Lipinski definition) is 1. The summed E-state index contributed by atoms with van der Waals surface area (Å²) in [4.78, 5) is 25.2. The first-order valence-electron chi connectivity index (χ1n) is 6.20. The maximum atomic E-state index is 12.3. The first-order chi connectivity index (χ1) is 7.66. The van der Waals surface area contributed by atoms with Gasteiger partial charge in [-0.15, -0.1) is 0 Å². The summed E-state index contributed by atoms with van der Waals surface area (Å²) in [6.45, 7) is 11.7. The average molecular weight is 243 g/mol. The minimum atomic E-state index is -1.04. The van der Waals surface area contributed by atoms with Crippen LogP contribution in [0.25, 0.3) is 0 Å². The van der Waals surface area contributed by atoms with Crippen LogP contribution in [0.15, 0.2) is 0 Å². The van der Waals surface area contributed by atoms with Crippen molar-refractivity contribution < 1.29 is 14.7 Å². The van der Waals surface area contributed by atoms with Gasteiger partial charge in [0.25, 0.3) is 0 Å². The molecule has 0 aliphatic rings. The SMILES string of the molecule is CCC(C)N(CC)C(=O)C(C(=O)O)C(C)(C)C. The molecule has 100 valence electrons. The number of hydrogen-bond acceptors (Lipinski definition) is 2. The van der Waals surface area contributed by atoms with Crippen LogP contribution >= 0.6 is 0 Å². The van der Waals surface area contributed by atoms with Gasteiger partial charge in [0, 0.05) is 12.6 Å². The van der Waals surface area contributed by atoms with Gasteiger partial charge >= 0.3 is 5.97 Å². The Morgan fingerprint density at radius 3 is 1.94 bits per heavy atom. The van der Waals surface area contributed by atoms with Crippen molar-refractivity contribution in [2.24, 2.45) is 11.3 Å². The molecule has 0 radical (unpaired) electrons. The molecule has 0 aromatic carbocycles. The van der Waals surface area contributed by atoms with Crippen molar-refractivity contribution in [1.29, 1.82) is 0 Å². The fraction of sp³-hybridized carbons (Fsp3) is 0.846. The van der Waals surface area contributed by atoms with E-state index in [9.17, 15) is 14.7 Å². The molecule has 1 amide bonds. The predicted octanol–water partition coefficient (Wildman–Crippen LogP) is 2.38. The largest absolute Gasteiger partial charge is 0.481 e. The Morgan fingerprint density at radius 1 is 1.24 bits per heavy atom. The second kappa shape index (κ2) is 6.03. The average Bonchev–Trinajstić information content (AvgIpc) is 2.15. The summed E-state index contributed by atoms with van der Waals surface area (Å²) in [7, 11) is 0. The molecule has 4 nitrogen and oxygen atoms in total. The molecule has 4 heteroatoms. The zero-order chi connectivity index (χ0) is 13.8. The molecule has 0 aromatic heterocycles. The quantitative estimate of drug-likeness (QED) is 0.754. The number of carboxylic acids is 1. The molecule has 0 aromatic rings. The predicted molar refractivity (Wildman–Crippen MR) is 67.7 cm³/mol. The summed E-state index contributed by atoms with van der Waals surface area (Å²) >= 11 is 0. The van der Waals surface area contributed by atoms with Gasteiger partial charge in [0.1, 0.15) is 5.92 Å². The number of nitrogens with zero attached hydrogens (tertiary/aromatic N) is 1. The first kappa shape index (κ1) is 15.9. The number of carbonyl (C=O) groups excluding carboxylic acids is 1. The van der Waals surface area contributed by atoms with Gasteiger partial charge in [-0.05, 0) is 25.7 Å². The summed E-state index contributed by atoms with van der Waals surface area (Å²) < 4.78 is 0. The molecular weight excluding hydrogens is 218 g/mol. The first-order valence-corrected chi connectivity index (χ1v) is 6.20. The van der Waals surface area contributed by atoms with Crippen molar-refractivity contribution in [3.8, 4) is 0 Å². The third-order valence-electron chi connectivity index (χ3n) is 3.11. The topological polar surface area (TPSA) is 57.6 Å². The molecule has 1 N–H and O–H groups in total. The maximum absolute atomic E-state index is 12.3. The highest BCUT2D eigenvalue weighted by atomic mass is 16.4. The van der Waals surface area contributed by atoms with Gasteiger partial charge in [-0.1, -0.05) is 27.7 Å². The zero-order valence-corrected chi connectivity index (χ0v) is 11.8. The molecule has 0 aliphatic carbocycles. The van der Waals surface area contributed by atoms with Gasteiger partial charge in [-0.25, -0.2) is 0 Å². The summed E-state index contributed by atoms with van der Waals surface area (Å²) in [6.07, 6.45) is 0.829. The van der Waals surface area contributed by atoms with E-state index >= 15 is 0 Å². The second-order valence-corrected chi connectivity index (χ2v) is 5.52. The summed E-state index contributed by atoms with van der Waals surface area (Å²) in [6, 6.07) is 0.0803. The monoisotopic (exact) mass is 243 g/mol. The standard InChI is InChI=1S/C13H25NO3/c1-7-9(3)14(8-2)11(15)10(12(16)17)13(4,5)6/h9-10H,7-8H2,1-6H3,(H,16,17).